The van der Waals surface area contributed by atoms with Crippen LogP contribution in [0.1, 0.15) is 148 Å². The molecule has 3 heterocycles. The molecule has 0 bridgehead atoms. The van der Waals surface area contributed by atoms with E-state index in [9.17, 15) is 70.5 Å². The molecule has 32 nitrogen and oxygen atoms in total. The van der Waals surface area contributed by atoms with Crippen LogP contribution in [0.4, 0.5) is 0 Å². The van der Waals surface area contributed by atoms with Crippen molar-refractivity contribution in [3.05, 3.63) is 76.3 Å². The number of ether oxygens (including phenoxy) is 8. The van der Waals surface area contributed by atoms with Crippen LogP contribution in [-0.2, 0) is 119 Å². The van der Waals surface area contributed by atoms with E-state index >= 15 is 0 Å². The van der Waals surface area contributed by atoms with E-state index in [1.54, 1.807) is 58.0 Å². The van der Waals surface area contributed by atoms with Gasteiger partial charge in [0.25, 0.3) is 11.8 Å². The Labute approximate surface area is 645 Å². The van der Waals surface area contributed by atoms with E-state index in [4.69, 9.17) is 54.3 Å². The van der Waals surface area contributed by atoms with Gasteiger partial charge in [-0.3, -0.25) is 47.9 Å². The van der Waals surface area contributed by atoms with Crippen LogP contribution in [0.25, 0.3) is 0 Å². The summed E-state index contributed by atoms with van der Waals surface area (Å²) in [6.45, 7) is 13.5. The second kappa shape index (κ2) is 46.9. The number of amides is 9. The predicted molar refractivity (Wildman–Crippen MR) is 375 cm³/mol. The molecule has 2 saturated heterocycles. The van der Waals surface area contributed by atoms with Crippen molar-refractivity contribution < 1.29 is 143 Å². The first kappa shape index (κ1) is 91.2. The minimum atomic E-state index is -4.41. The summed E-state index contributed by atoms with van der Waals surface area (Å²) < 4.78 is 77.2. The van der Waals surface area contributed by atoms with Crippen LogP contribution in [0.5, 0.6) is 5.75 Å². The molecule has 0 spiro atoms. The van der Waals surface area contributed by atoms with Gasteiger partial charge in [0.1, 0.15) is 36.1 Å². The van der Waals surface area contributed by atoms with Crippen LogP contribution >= 0.6 is 11.6 Å². The zero-order chi connectivity index (χ0) is 77.2. The first-order valence-electron chi connectivity index (χ1n) is 35.3. The largest absolute Gasteiger partial charge is 1.00 e. The average Bonchev–Trinajstić information content (AvgIpc) is 1.63. The van der Waals surface area contributed by atoms with E-state index in [-0.39, 0.29) is 191 Å². The molecule has 2 fully saturated rings. The molecule has 8 atom stereocenters. The maximum absolute atomic E-state index is 14.1. The number of hydrogen-bond donors (Lipinski definition) is 7. The number of carbonyl (C=O) groups is 12. The third-order valence-corrected chi connectivity index (χ3v) is 17.9. The van der Waals surface area contributed by atoms with Crippen LogP contribution in [0.15, 0.2) is 54.6 Å². The van der Waals surface area contributed by atoms with Gasteiger partial charge in [0, 0.05) is 83.5 Å². The molecule has 5 rings (SSSR count). The maximum atomic E-state index is 14.1. The summed E-state index contributed by atoms with van der Waals surface area (Å²) in [4.78, 5) is 162. The zero-order valence-corrected chi connectivity index (χ0v) is 65.5. The molecule has 106 heavy (non-hydrogen) atoms. The van der Waals surface area contributed by atoms with Gasteiger partial charge in [0.15, 0.2) is 6.10 Å². The van der Waals surface area contributed by atoms with Crippen molar-refractivity contribution in [2.45, 2.75) is 181 Å². The van der Waals surface area contributed by atoms with E-state index in [1.165, 1.54) is 19.3 Å². The third kappa shape index (κ3) is 33.9. The summed E-state index contributed by atoms with van der Waals surface area (Å²) in [5, 5.41) is 19.8. The Hall–Kier alpha value is -7.18. The minimum absolute atomic E-state index is 0. The smallest absolute Gasteiger partial charge is 0.748 e. The summed E-state index contributed by atoms with van der Waals surface area (Å²) in [6.07, 6.45) is 0.110. The first-order chi connectivity index (χ1) is 49.8. The van der Waals surface area contributed by atoms with Crippen molar-refractivity contribution >= 4 is 92.8 Å². The van der Waals surface area contributed by atoms with Gasteiger partial charge < -0.3 is 84.5 Å². The predicted octanol–water partition coefficient (Wildman–Crippen LogP) is -0.0581. The molecule has 7 N–H and O–H groups in total. The van der Waals surface area contributed by atoms with Crippen molar-refractivity contribution in [1.29, 1.82) is 0 Å². The number of hydrogen-bond acceptors (Lipinski definition) is 24. The number of epoxide rings is 1. The van der Waals surface area contributed by atoms with Crippen molar-refractivity contribution in [2.75, 3.05) is 85.4 Å². The van der Waals surface area contributed by atoms with Gasteiger partial charge >= 0.3 is 47.5 Å². The van der Waals surface area contributed by atoms with Gasteiger partial charge in [-0.25, -0.2) is 18.0 Å². The van der Waals surface area contributed by atoms with Crippen molar-refractivity contribution in [2.24, 2.45) is 23.2 Å². The van der Waals surface area contributed by atoms with E-state index in [0.717, 1.165) is 5.56 Å². The molecule has 2 aromatic rings. The summed E-state index contributed by atoms with van der Waals surface area (Å²) in [6, 6.07) is 8.90. The quantitative estimate of drug-likeness (QED) is 0.0114. The molecule has 0 unspecified atom stereocenters. The average molecular weight is 1540 g/mol. The van der Waals surface area contributed by atoms with Crippen molar-refractivity contribution in [1.82, 2.24) is 42.3 Å². The molecule has 0 aromatic heterocycles. The van der Waals surface area contributed by atoms with Gasteiger partial charge in [0.05, 0.1) is 92.4 Å². The number of cyclic esters (lactones) is 2. The number of methoxy groups -OCH3 is 1. The number of esters is 2. The normalized spacial score (nSPS) is 19.6. The Morgan fingerprint density at radius 2 is 1.33 bits per heavy atom. The van der Waals surface area contributed by atoms with Gasteiger partial charge in [-0.15, -0.1) is 5.06 Å². The summed E-state index contributed by atoms with van der Waals surface area (Å²) in [7, 11) is -2.94. The fraction of sp³-hybridized carbons (Fsp3) is 0.634. The van der Waals surface area contributed by atoms with Gasteiger partial charge in [-0.2, -0.15) is 0 Å². The number of imide groups is 1. The number of halogens is 1. The molecular weight excluding hydrogens is 1440 g/mol. The number of nitrogens with one attached hydrogen (secondary N) is 7. The van der Waals surface area contributed by atoms with E-state index in [1.807, 2.05) is 32.9 Å². The molecule has 0 radical (unpaired) electrons. The minimum Gasteiger partial charge on any atom is -0.748 e. The Morgan fingerprint density at radius 1 is 0.726 bits per heavy atom. The van der Waals surface area contributed by atoms with Gasteiger partial charge in [-0.1, -0.05) is 82.6 Å². The Morgan fingerprint density at radius 3 is 1.92 bits per heavy atom. The summed E-state index contributed by atoms with van der Waals surface area (Å²) in [5.74, 6) is -8.73. The maximum Gasteiger partial charge on any atom is 1.00 e. The van der Waals surface area contributed by atoms with Crippen LogP contribution < -0.4 is 71.5 Å². The van der Waals surface area contributed by atoms with E-state index in [2.05, 4.69) is 37.2 Å². The SMILES string of the molecule is COc1ccc(C[C@H]2NC(=O)/C=C\C[C@@H]([C@H](C)[C@H]3O[C@@H]3c3ccc(CNC(=O)[C@H](CCCCNC(=O)CCOCCOCCOCCOCCC(=O)NCCS(=O)(=O)[O-])NC(=O)[C@@H](NC(=O)CCCC(=O)ON4C(=O)CCC4=O)C(C)C)cc3)OC(=O)[C@H](CC(C)C)OC(=O)C(C)(C)CNC2=O)cc1Cl.[Na+]. The standard InChI is InChI=1S/C71H103ClN8O24S.Na/c1-44(2)39-55-69(91)101-53(14-11-15-58(83)77-52(41-48-20-23-54(96-8)50(72)40-48)67(89)76-43-71(6,7)70(92)102-55)46(5)64-65(103-64)49-21-18-47(19-22-49)42-75-66(88)51(78-68(90)63(45(3)4)79-59(84)16-12-17-62(87)104-80-60(85)24-25-61(80)86)13-9-10-28-73-56(81)26-30-97-32-34-99-36-37-100-35-33-98-31-27-57(82)74-29-38-105(93,94)95;/h11,15,18-23,40,44-46,51-53,55,63-65H,9-10,12-14,16-17,24-39,41-43H2,1-8H3,(H,73,81)(H,74,82)(H,75,88)(H,76,89)(H,77,83)(H,78,90)(H,79,84)(H,93,94,95);/q;+1/p-1/b15-11-;/t46-,51-,52+,53-,55-,63-,64+,65+;/m0./s1. The molecule has 0 aliphatic carbocycles. The zero-order valence-electron chi connectivity index (χ0n) is 61.9. The first-order valence-corrected chi connectivity index (χ1v) is 37.2. The van der Waals surface area contributed by atoms with Crippen molar-refractivity contribution in [3.8, 4) is 5.75 Å². The van der Waals surface area contributed by atoms with E-state index in [0.29, 0.717) is 39.8 Å². The molecule has 0 saturated carbocycles. The second-order valence-electron chi connectivity index (χ2n) is 27.0. The third-order valence-electron chi connectivity index (χ3n) is 16.9. The number of rotatable bonds is 43. The molecule has 584 valence electrons. The number of nitrogens with zero attached hydrogens (tertiary/aromatic N) is 1. The number of unbranched alkanes of at least 4 members (excludes halogenated alkanes) is 1. The molecule has 35 heteroatoms. The number of hydroxylamine groups is 2. The molecule has 2 aromatic carbocycles. The molecule has 3 aliphatic heterocycles. The Bertz CT molecular complexity index is 3400. The fourth-order valence-corrected chi connectivity index (χ4v) is 11.4. The van der Waals surface area contributed by atoms with Gasteiger partial charge in [-0.05, 0) is 92.7 Å². The number of benzene rings is 2. The van der Waals surface area contributed by atoms with E-state index < -0.39 is 141 Å². The van der Waals surface area contributed by atoms with Crippen LogP contribution in [0, 0.1) is 23.2 Å². The monoisotopic (exact) mass is 1540 g/mol. The summed E-state index contributed by atoms with van der Waals surface area (Å²) in [5.41, 5.74) is 0.743. The van der Waals surface area contributed by atoms with Gasteiger partial charge in [0.2, 0.25) is 41.4 Å². The molecular formula is C71H102ClN8NaO24S. The molecule has 9 amide bonds. The second-order valence-corrected chi connectivity index (χ2v) is 28.9. The van der Waals surface area contributed by atoms with Crippen molar-refractivity contribution in [3.63, 3.8) is 0 Å². The molecule has 3 aliphatic rings. The van der Waals surface area contributed by atoms with Crippen LogP contribution in [0.2, 0.25) is 5.02 Å². The fourth-order valence-electron chi connectivity index (χ4n) is 10.8. The van der Waals surface area contributed by atoms with Crippen LogP contribution in [0.3, 0.4) is 0 Å². The topological polar surface area (TPSA) is 436 Å². The number of carbonyl (C=O) groups excluding carboxylic acids is 12. The van der Waals surface area contributed by atoms with Crippen LogP contribution in [-0.4, -0.2) is 211 Å². The summed E-state index contributed by atoms with van der Waals surface area (Å²) >= 11 is 6.41. The Kier molecular flexibility index (Phi) is 40.4. The Balaban J connectivity index is 0.0000238.